The van der Waals surface area contributed by atoms with Crippen LogP contribution in [0.5, 0.6) is 0 Å². The molecule has 0 radical (unpaired) electrons. The van der Waals surface area contributed by atoms with E-state index in [2.05, 4.69) is 5.43 Å². The molecular weight excluding hydrogens is 207 g/mol. The lowest BCUT2D eigenvalue weighted by atomic mass is 9.98. The lowest BCUT2D eigenvalue weighted by Crippen LogP contribution is -2.38. The van der Waals surface area contributed by atoms with Crippen molar-refractivity contribution in [2.45, 2.75) is 25.0 Å². The minimum Gasteiger partial charge on any atom is -0.379 e. The van der Waals surface area contributed by atoms with Crippen LogP contribution in [-0.4, -0.2) is 13.2 Å². The summed E-state index contributed by atoms with van der Waals surface area (Å²) in [5.41, 5.74) is 3.72. The third-order valence-corrected chi connectivity index (χ3v) is 3.10. The molecule has 0 heterocycles. The van der Waals surface area contributed by atoms with Gasteiger partial charge in [0.25, 0.3) is 0 Å². The average Bonchev–Trinajstić information content (AvgIpc) is 3.11. The van der Waals surface area contributed by atoms with Gasteiger partial charge in [0.05, 0.1) is 12.1 Å². The second-order valence-electron chi connectivity index (χ2n) is 4.23. The number of hydrogen-bond donors (Lipinski definition) is 2. The molecule has 0 spiro atoms. The highest BCUT2D eigenvalue weighted by molar-refractivity contribution is 5.21. The average molecular weight is 224 g/mol. The Kier molecular flexibility index (Phi) is 3.53. The summed E-state index contributed by atoms with van der Waals surface area (Å²) in [7, 11) is 1.69. The summed E-state index contributed by atoms with van der Waals surface area (Å²) in [6, 6.07) is 6.30. The maximum atomic E-state index is 12.8. The van der Waals surface area contributed by atoms with Crippen LogP contribution in [0.25, 0.3) is 0 Å². The van der Waals surface area contributed by atoms with E-state index in [1.165, 1.54) is 25.0 Å². The van der Waals surface area contributed by atoms with Gasteiger partial charge in [-0.05, 0) is 36.5 Å². The lowest BCUT2D eigenvalue weighted by Gasteiger charge is -2.25. The predicted molar refractivity (Wildman–Crippen MR) is 60.0 cm³/mol. The first kappa shape index (κ1) is 11.5. The van der Waals surface area contributed by atoms with Crippen molar-refractivity contribution in [3.63, 3.8) is 0 Å². The molecule has 2 unspecified atom stereocenters. The van der Waals surface area contributed by atoms with Crippen LogP contribution in [0.4, 0.5) is 4.39 Å². The first-order chi connectivity index (χ1) is 7.76. The van der Waals surface area contributed by atoms with Crippen molar-refractivity contribution < 1.29 is 9.13 Å². The summed E-state index contributed by atoms with van der Waals surface area (Å²) < 4.78 is 18.3. The molecule has 1 saturated carbocycles. The molecule has 1 fully saturated rings. The van der Waals surface area contributed by atoms with Crippen molar-refractivity contribution >= 4 is 0 Å². The SMILES string of the molecule is COC(C1CC1)C(NN)c1ccc(F)cc1. The van der Waals surface area contributed by atoms with Gasteiger partial charge in [-0.1, -0.05) is 12.1 Å². The third kappa shape index (κ3) is 2.40. The van der Waals surface area contributed by atoms with Crippen LogP contribution in [0.1, 0.15) is 24.4 Å². The van der Waals surface area contributed by atoms with Crippen LogP contribution in [0.15, 0.2) is 24.3 Å². The van der Waals surface area contributed by atoms with Gasteiger partial charge in [-0.25, -0.2) is 4.39 Å². The summed E-state index contributed by atoms with van der Waals surface area (Å²) in [6.45, 7) is 0. The Labute approximate surface area is 94.8 Å². The van der Waals surface area contributed by atoms with Gasteiger partial charge in [-0.2, -0.15) is 0 Å². The van der Waals surface area contributed by atoms with Crippen molar-refractivity contribution in [3.8, 4) is 0 Å². The van der Waals surface area contributed by atoms with E-state index in [1.807, 2.05) is 0 Å². The largest absolute Gasteiger partial charge is 0.379 e. The second-order valence-corrected chi connectivity index (χ2v) is 4.23. The molecule has 3 N–H and O–H groups in total. The number of nitrogens with two attached hydrogens (primary N) is 1. The Morgan fingerprint density at radius 3 is 2.44 bits per heavy atom. The summed E-state index contributed by atoms with van der Waals surface area (Å²) in [5.74, 6) is 5.89. The topological polar surface area (TPSA) is 47.3 Å². The number of hydrazine groups is 1. The normalized spacial score (nSPS) is 19.4. The first-order valence-electron chi connectivity index (χ1n) is 5.50. The number of methoxy groups -OCH3 is 1. The molecule has 0 amide bonds. The number of rotatable bonds is 5. The number of ether oxygens (including phenoxy) is 1. The molecule has 1 aliphatic rings. The highest BCUT2D eigenvalue weighted by atomic mass is 19.1. The number of benzene rings is 1. The van der Waals surface area contributed by atoms with Gasteiger partial charge in [0.15, 0.2) is 0 Å². The zero-order valence-electron chi connectivity index (χ0n) is 9.32. The Balaban J connectivity index is 2.16. The Morgan fingerprint density at radius 2 is 2.00 bits per heavy atom. The number of halogens is 1. The number of nitrogens with one attached hydrogen (secondary N) is 1. The molecule has 0 aliphatic heterocycles. The highest BCUT2D eigenvalue weighted by Crippen LogP contribution is 2.39. The van der Waals surface area contributed by atoms with E-state index in [0.717, 1.165) is 5.56 Å². The van der Waals surface area contributed by atoms with Gasteiger partial charge in [0, 0.05) is 7.11 Å². The van der Waals surface area contributed by atoms with E-state index in [9.17, 15) is 4.39 Å². The maximum absolute atomic E-state index is 12.8. The quantitative estimate of drug-likeness (QED) is 0.591. The molecular formula is C12H17FN2O. The Morgan fingerprint density at radius 1 is 1.38 bits per heavy atom. The minimum absolute atomic E-state index is 0.0652. The standard InChI is InChI=1S/C12H17FN2O/c1-16-12(9-2-3-9)11(15-14)8-4-6-10(13)7-5-8/h4-7,9,11-12,15H,2-3,14H2,1H3. The molecule has 88 valence electrons. The summed E-state index contributed by atoms with van der Waals surface area (Å²) >= 11 is 0. The van der Waals surface area contributed by atoms with Crippen molar-refractivity contribution in [1.82, 2.24) is 5.43 Å². The molecule has 1 aromatic carbocycles. The molecule has 1 aromatic rings. The van der Waals surface area contributed by atoms with Gasteiger partial charge >= 0.3 is 0 Å². The van der Waals surface area contributed by atoms with E-state index < -0.39 is 0 Å². The van der Waals surface area contributed by atoms with E-state index in [0.29, 0.717) is 5.92 Å². The van der Waals surface area contributed by atoms with Crippen LogP contribution in [0.2, 0.25) is 0 Å². The van der Waals surface area contributed by atoms with Gasteiger partial charge in [0.1, 0.15) is 5.82 Å². The minimum atomic E-state index is -0.236. The van der Waals surface area contributed by atoms with Gasteiger partial charge in [-0.3, -0.25) is 11.3 Å². The van der Waals surface area contributed by atoms with E-state index in [-0.39, 0.29) is 18.0 Å². The molecule has 4 heteroatoms. The van der Waals surface area contributed by atoms with Crippen LogP contribution < -0.4 is 11.3 Å². The smallest absolute Gasteiger partial charge is 0.123 e. The first-order valence-corrected chi connectivity index (χ1v) is 5.50. The lowest BCUT2D eigenvalue weighted by molar-refractivity contribution is 0.0506. The highest BCUT2D eigenvalue weighted by Gasteiger charge is 2.37. The molecule has 3 nitrogen and oxygen atoms in total. The number of hydrogen-bond acceptors (Lipinski definition) is 3. The van der Waals surface area contributed by atoms with Crippen LogP contribution in [0.3, 0.4) is 0 Å². The van der Waals surface area contributed by atoms with Crippen molar-refractivity contribution in [2.24, 2.45) is 11.8 Å². The van der Waals surface area contributed by atoms with Crippen LogP contribution in [-0.2, 0) is 4.74 Å². The fourth-order valence-corrected chi connectivity index (χ4v) is 2.08. The predicted octanol–water partition coefficient (Wildman–Crippen LogP) is 1.76. The van der Waals surface area contributed by atoms with Gasteiger partial charge in [0.2, 0.25) is 0 Å². The fraction of sp³-hybridized carbons (Fsp3) is 0.500. The third-order valence-electron chi connectivity index (χ3n) is 3.10. The maximum Gasteiger partial charge on any atom is 0.123 e. The van der Waals surface area contributed by atoms with E-state index in [1.54, 1.807) is 19.2 Å². The van der Waals surface area contributed by atoms with Crippen LogP contribution >= 0.6 is 0 Å². The van der Waals surface area contributed by atoms with Gasteiger partial charge < -0.3 is 4.74 Å². The molecule has 1 aliphatic carbocycles. The Bertz CT molecular complexity index is 337. The summed E-state index contributed by atoms with van der Waals surface area (Å²) in [4.78, 5) is 0. The summed E-state index contributed by atoms with van der Waals surface area (Å²) in [5, 5.41) is 0. The van der Waals surface area contributed by atoms with Crippen molar-refractivity contribution in [3.05, 3.63) is 35.6 Å². The fourth-order valence-electron chi connectivity index (χ4n) is 2.08. The summed E-state index contributed by atoms with van der Waals surface area (Å²) in [6.07, 6.45) is 2.42. The second kappa shape index (κ2) is 4.91. The Hall–Kier alpha value is -0.970. The molecule has 0 saturated heterocycles. The van der Waals surface area contributed by atoms with E-state index >= 15 is 0 Å². The monoisotopic (exact) mass is 224 g/mol. The van der Waals surface area contributed by atoms with E-state index in [4.69, 9.17) is 10.6 Å². The molecule has 16 heavy (non-hydrogen) atoms. The molecule has 2 rings (SSSR count). The van der Waals surface area contributed by atoms with Crippen molar-refractivity contribution in [2.75, 3.05) is 7.11 Å². The zero-order chi connectivity index (χ0) is 11.5. The van der Waals surface area contributed by atoms with Crippen LogP contribution in [0, 0.1) is 11.7 Å². The zero-order valence-corrected chi connectivity index (χ0v) is 9.32. The molecule has 2 atom stereocenters. The van der Waals surface area contributed by atoms with Gasteiger partial charge in [-0.15, -0.1) is 0 Å². The molecule has 0 aromatic heterocycles. The molecule has 0 bridgehead atoms. The van der Waals surface area contributed by atoms with Crippen molar-refractivity contribution in [1.29, 1.82) is 0 Å².